The normalized spacial score (nSPS) is 11.7. The predicted molar refractivity (Wildman–Crippen MR) is 204 cm³/mol. The van der Waals surface area contributed by atoms with Gasteiger partial charge < -0.3 is 4.74 Å². The Balaban J connectivity index is 1.49. The molecule has 0 bridgehead atoms. The Morgan fingerprint density at radius 1 is 0.319 bits per heavy atom. The van der Waals surface area contributed by atoms with Crippen molar-refractivity contribution >= 4 is 48.6 Å². The highest BCUT2D eigenvalue weighted by Crippen LogP contribution is 2.39. The lowest BCUT2D eigenvalue weighted by molar-refractivity contribution is 0.473. The molecule has 0 saturated heterocycles. The van der Waals surface area contributed by atoms with E-state index in [4.69, 9.17) is 4.74 Å². The molecule has 0 heterocycles. The largest absolute Gasteiger partial charge is 0.456 e. The summed E-state index contributed by atoms with van der Waals surface area (Å²) in [6.45, 7) is 4.24. The summed E-state index contributed by atoms with van der Waals surface area (Å²) in [5.74, 6) is 1.68. The van der Waals surface area contributed by atoms with E-state index >= 15 is 0 Å². The van der Waals surface area contributed by atoms with Gasteiger partial charge in [0.15, 0.2) is 0 Å². The molecule has 228 valence electrons. The number of ether oxygens (including phenoxy) is 1. The topological polar surface area (TPSA) is 9.23 Å². The van der Waals surface area contributed by atoms with Crippen LogP contribution >= 0.6 is 0 Å². The lowest BCUT2D eigenvalue weighted by Crippen LogP contribution is -1.99. The Morgan fingerprint density at radius 3 is 0.936 bits per heavy atom. The fraction of sp³-hybridized carbons (Fsp3) is 0.0435. The average Bonchev–Trinajstić information content (AvgIpc) is 3.12. The van der Waals surface area contributed by atoms with Crippen molar-refractivity contribution in [3.63, 3.8) is 0 Å². The number of benzene rings is 6. The lowest BCUT2D eigenvalue weighted by Gasteiger charge is -2.19. The van der Waals surface area contributed by atoms with Gasteiger partial charge in [-0.05, 0) is 58.4 Å². The van der Waals surface area contributed by atoms with Crippen LogP contribution in [0, 0.1) is 13.8 Å². The number of rotatable bonds is 10. The summed E-state index contributed by atoms with van der Waals surface area (Å²) < 4.78 is 7.09. The molecule has 6 aromatic rings. The van der Waals surface area contributed by atoms with Gasteiger partial charge in [0.1, 0.15) is 11.5 Å². The summed E-state index contributed by atoms with van der Waals surface area (Å²) in [6.07, 6.45) is 17.3. The van der Waals surface area contributed by atoms with Crippen LogP contribution in [-0.4, -0.2) is 0 Å². The molecule has 0 aromatic heterocycles. The predicted octanol–water partition coefficient (Wildman–Crippen LogP) is 12.8. The standard InChI is InChI=1S/C46H38O/c1-35-23-29-41(31-25-37-15-7-3-8-16-37)43(33-27-39-19-11-5-12-20-39)45(35)47-46-36(2)24-30-42(32-26-38-17-9-4-10-18-38)44(46)34-28-40-21-13-6-14-22-40/h3-34H,1-2H3. The van der Waals surface area contributed by atoms with E-state index < -0.39 is 0 Å². The third kappa shape index (κ3) is 8.22. The van der Waals surface area contributed by atoms with Crippen LogP contribution in [0.25, 0.3) is 48.6 Å². The second-order valence-electron chi connectivity index (χ2n) is 11.5. The molecule has 6 aromatic carbocycles. The third-order valence-corrected chi connectivity index (χ3v) is 8.05. The Morgan fingerprint density at radius 2 is 0.617 bits per heavy atom. The summed E-state index contributed by atoms with van der Waals surface area (Å²) in [5, 5.41) is 0. The van der Waals surface area contributed by atoms with Crippen molar-refractivity contribution in [1.82, 2.24) is 0 Å². The molecule has 0 aliphatic rings. The highest BCUT2D eigenvalue weighted by molar-refractivity contribution is 5.85. The monoisotopic (exact) mass is 606 g/mol. The van der Waals surface area contributed by atoms with E-state index in [-0.39, 0.29) is 0 Å². The van der Waals surface area contributed by atoms with Gasteiger partial charge in [-0.1, -0.05) is 194 Å². The maximum atomic E-state index is 7.09. The maximum absolute atomic E-state index is 7.09. The van der Waals surface area contributed by atoms with Crippen LogP contribution in [0.2, 0.25) is 0 Å². The number of hydrogen-bond donors (Lipinski definition) is 0. The van der Waals surface area contributed by atoms with Crippen molar-refractivity contribution in [3.8, 4) is 11.5 Å². The van der Waals surface area contributed by atoms with Gasteiger partial charge in [-0.25, -0.2) is 0 Å². The second kappa shape index (κ2) is 15.4. The minimum Gasteiger partial charge on any atom is -0.456 e. The molecule has 1 heteroatoms. The average molecular weight is 607 g/mol. The smallest absolute Gasteiger partial charge is 0.138 e. The molecule has 0 radical (unpaired) electrons. The molecular weight excluding hydrogens is 569 g/mol. The van der Waals surface area contributed by atoms with E-state index in [9.17, 15) is 0 Å². The number of aryl methyl sites for hydroxylation is 2. The van der Waals surface area contributed by atoms with Gasteiger partial charge in [-0.15, -0.1) is 0 Å². The first-order valence-electron chi connectivity index (χ1n) is 16.0. The molecule has 6 rings (SSSR count). The molecule has 0 N–H and O–H groups in total. The quantitative estimate of drug-likeness (QED) is 0.141. The first-order chi connectivity index (χ1) is 23.1. The zero-order chi connectivity index (χ0) is 32.3. The van der Waals surface area contributed by atoms with Gasteiger partial charge >= 0.3 is 0 Å². The van der Waals surface area contributed by atoms with Crippen LogP contribution in [-0.2, 0) is 0 Å². The molecule has 0 aliphatic carbocycles. The minimum atomic E-state index is 0.842. The molecule has 0 atom stereocenters. The van der Waals surface area contributed by atoms with Gasteiger partial charge in [0.2, 0.25) is 0 Å². The van der Waals surface area contributed by atoms with Crippen molar-refractivity contribution < 1.29 is 4.74 Å². The van der Waals surface area contributed by atoms with Crippen LogP contribution in [0.15, 0.2) is 146 Å². The molecule has 0 unspecified atom stereocenters. The minimum absolute atomic E-state index is 0.842. The molecule has 0 aliphatic heterocycles. The zero-order valence-corrected chi connectivity index (χ0v) is 26.9. The fourth-order valence-corrected chi connectivity index (χ4v) is 5.44. The van der Waals surface area contributed by atoms with Crippen molar-refractivity contribution in [2.24, 2.45) is 0 Å². The van der Waals surface area contributed by atoms with Crippen LogP contribution in [0.5, 0.6) is 11.5 Å². The Bertz CT molecular complexity index is 1880. The molecule has 0 amide bonds. The molecule has 0 fully saturated rings. The highest BCUT2D eigenvalue weighted by atomic mass is 16.5. The Kier molecular flexibility index (Phi) is 10.2. The van der Waals surface area contributed by atoms with E-state index in [2.05, 4.69) is 184 Å². The molecule has 1 nitrogen and oxygen atoms in total. The van der Waals surface area contributed by atoms with Crippen LogP contribution in [0.1, 0.15) is 55.6 Å². The summed E-state index contributed by atoms with van der Waals surface area (Å²) in [6, 6.07) is 50.2. The summed E-state index contributed by atoms with van der Waals surface area (Å²) in [7, 11) is 0. The highest BCUT2D eigenvalue weighted by Gasteiger charge is 2.16. The maximum Gasteiger partial charge on any atom is 0.138 e. The van der Waals surface area contributed by atoms with Gasteiger partial charge in [0.05, 0.1) is 0 Å². The summed E-state index contributed by atoms with van der Waals surface area (Å²) >= 11 is 0. The SMILES string of the molecule is Cc1ccc(C=Cc2ccccc2)c(C=Cc2ccccc2)c1Oc1c(C)ccc(C=Cc2ccccc2)c1C=Cc1ccccc1. The van der Waals surface area contributed by atoms with E-state index in [1.807, 2.05) is 24.3 Å². The van der Waals surface area contributed by atoms with Crippen LogP contribution in [0.4, 0.5) is 0 Å². The van der Waals surface area contributed by atoms with E-state index in [1.54, 1.807) is 0 Å². The van der Waals surface area contributed by atoms with Crippen LogP contribution < -0.4 is 4.74 Å². The first kappa shape index (κ1) is 31.1. The first-order valence-corrected chi connectivity index (χ1v) is 16.0. The van der Waals surface area contributed by atoms with Crippen molar-refractivity contribution in [1.29, 1.82) is 0 Å². The lowest BCUT2D eigenvalue weighted by atomic mass is 9.98. The summed E-state index contributed by atoms with van der Waals surface area (Å²) in [5.41, 5.74) is 10.9. The number of hydrogen-bond acceptors (Lipinski definition) is 1. The Labute approximate surface area is 279 Å². The second-order valence-corrected chi connectivity index (χ2v) is 11.5. The molecule has 47 heavy (non-hydrogen) atoms. The zero-order valence-electron chi connectivity index (χ0n) is 26.9. The van der Waals surface area contributed by atoms with Gasteiger partial charge in [-0.3, -0.25) is 0 Å². The molecule has 0 spiro atoms. The van der Waals surface area contributed by atoms with Gasteiger partial charge in [0.25, 0.3) is 0 Å². The van der Waals surface area contributed by atoms with E-state index in [0.717, 1.165) is 67.1 Å². The van der Waals surface area contributed by atoms with Gasteiger partial charge in [0, 0.05) is 11.1 Å². The summed E-state index contributed by atoms with van der Waals surface area (Å²) in [4.78, 5) is 0. The fourth-order valence-electron chi connectivity index (χ4n) is 5.44. The van der Waals surface area contributed by atoms with Crippen molar-refractivity contribution in [2.45, 2.75) is 13.8 Å². The van der Waals surface area contributed by atoms with Crippen molar-refractivity contribution in [3.05, 3.63) is 201 Å². The van der Waals surface area contributed by atoms with E-state index in [0.29, 0.717) is 0 Å². The van der Waals surface area contributed by atoms with Gasteiger partial charge in [-0.2, -0.15) is 0 Å². The third-order valence-electron chi connectivity index (χ3n) is 8.05. The Hall–Kier alpha value is -5.92. The van der Waals surface area contributed by atoms with Crippen molar-refractivity contribution in [2.75, 3.05) is 0 Å². The molecule has 0 saturated carbocycles. The molecular formula is C46H38O. The van der Waals surface area contributed by atoms with E-state index in [1.165, 1.54) is 0 Å². The van der Waals surface area contributed by atoms with Crippen LogP contribution in [0.3, 0.4) is 0 Å².